The third kappa shape index (κ3) is 4.52. The van der Waals surface area contributed by atoms with Crippen molar-refractivity contribution >= 4 is 17.6 Å². The molecule has 0 aromatic heterocycles. The Bertz CT molecular complexity index is 914. The van der Waals surface area contributed by atoms with Crippen LogP contribution in [-0.2, 0) is 9.53 Å². The number of methoxy groups -OCH3 is 1. The van der Waals surface area contributed by atoms with Gasteiger partial charge in [0, 0.05) is 19.3 Å². The maximum atomic E-state index is 13.1. The smallest absolute Gasteiger partial charge is 0.338 e. The zero-order valence-corrected chi connectivity index (χ0v) is 19.9. The molecule has 1 saturated heterocycles. The van der Waals surface area contributed by atoms with Crippen LogP contribution in [0.4, 0.5) is 5.69 Å². The number of carbonyl (C=O) groups is 2. The monoisotopic (exact) mass is 457 g/mol. The van der Waals surface area contributed by atoms with Crippen molar-refractivity contribution in [1.82, 2.24) is 20.4 Å². The molecule has 1 saturated carbocycles. The summed E-state index contributed by atoms with van der Waals surface area (Å²) in [5.74, 6) is 0.323. The Morgan fingerprint density at radius 3 is 2.67 bits per heavy atom. The summed E-state index contributed by atoms with van der Waals surface area (Å²) in [4.78, 5) is 29.3. The third-order valence-electron chi connectivity index (χ3n) is 6.81. The van der Waals surface area contributed by atoms with Crippen LogP contribution >= 0.6 is 0 Å². The topological polar surface area (TPSA) is 95.2 Å². The van der Waals surface area contributed by atoms with Gasteiger partial charge in [-0.05, 0) is 44.4 Å². The fraction of sp³-hybridized carbons (Fsp3) is 0.583. The minimum atomic E-state index is -0.378. The number of piperazine rings is 1. The van der Waals surface area contributed by atoms with Crippen molar-refractivity contribution in [2.45, 2.75) is 70.5 Å². The number of anilines is 1. The number of hydrogen-bond acceptors (Lipinski definition) is 8. The molecule has 3 aliphatic rings. The van der Waals surface area contributed by atoms with E-state index in [0.29, 0.717) is 24.0 Å². The lowest BCUT2D eigenvalue weighted by Crippen LogP contribution is -2.70. The molecule has 0 radical (unpaired) electrons. The van der Waals surface area contributed by atoms with Gasteiger partial charge in [0.1, 0.15) is 11.9 Å². The maximum absolute atomic E-state index is 13.1. The fourth-order valence-electron chi connectivity index (χ4n) is 5.16. The Hall–Kier alpha value is -2.78. The van der Waals surface area contributed by atoms with Crippen molar-refractivity contribution in [3.63, 3.8) is 0 Å². The molecular weight excluding hydrogens is 422 g/mol. The highest BCUT2D eigenvalue weighted by molar-refractivity contribution is 5.90. The molecule has 1 aromatic rings. The van der Waals surface area contributed by atoms with Gasteiger partial charge >= 0.3 is 5.97 Å². The van der Waals surface area contributed by atoms with E-state index in [0.717, 1.165) is 30.6 Å². The fourth-order valence-corrected chi connectivity index (χ4v) is 5.16. The standard InChI is InChI=1S/C24H35N5O4/c1-5-18-22(30)28(3)19-14-25-24(27-21(19)29(18)16-9-7-8-10-16)26-17-12-11-15(13-20(17)32-4)23(31)33-6-2/h11-14,16,18,21,24-27H,5-10H2,1-4H3. The summed E-state index contributed by atoms with van der Waals surface area (Å²) in [5, 5.41) is 10.4. The van der Waals surface area contributed by atoms with E-state index >= 15 is 0 Å². The highest BCUT2D eigenvalue weighted by Crippen LogP contribution is 2.35. The number of fused-ring (bicyclic) bond motifs is 1. The van der Waals surface area contributed by atoms with Gasteiger partial charge in [-0.1, -0.05) is 19.8 Å². The summed E-state index contributed by atoms with van der Waals surface area (Å²) in [6.07, 6.45) is 6.98. The molecule has 2 heterocycles. The van der Waals surface area contributed by atoms with E-state index < -0.39 is 0 Å². The lowest BCUT2D eigenvalue weighted by molar-refractivity contribution is -0.143. The second-order valence-corrected chi connectivity index (χ2v) is 8.72. The van der Waals surface area contributed by atoms with Crippen molar-refractivity contribution < 1.29 is 19.1 Å². The Kier molecular flexibility index (Phi) is 7.09. The number of likely N-dealkylation sites (N-methyl/N-ethyl adjacent to an activating group) is 1. The minimum absolute atomic E-state index is 0.0794. The second kappa shape index (κ2) is 10.0. The molecule has 9 heteroatoms. The van der Waals surface area contributed by atoms with E-state index in [9.17, 15) is 9.59 Å². The van der Waals surface area contributed by atoms with E-state index in [-0.39, 0.29) is 30.4 Å². The highest BCUT2D eigenvalue weighted by atomic mass is 16.5. The van der Waals surface area contributed by atoms with Gasteiger partial charge in [-0.2, -0.15) is 0 Å². The lowest BCUT2D eigenvalue weighted by atomic mass is 9.99. The molecule has 9 nitrogen and oxygen atoms in total. The third-order valence-corrected chi connectivity index (χ3v) is 6.81. The van der Waals surface area contributed by atoms with Crippen molar-refractivity contribution in [3.05, 3.63) is 35.7 Å². The van der Waals surface area contributed by atoms with Crippen molar-refractivity contribution in [2.75, 3.05) is 26.1 Å². The number of benzene rings is 1. The van der Waals surface area contributed by atoms with E-state index in [4.69, 9.17) is 9.47 Å². The van der Waals surface area contributed by atoms with Crippen LogP contribution in [0.1, 0.15) is 56.3 Å². The van der Waals surface area contributed by atoms with Crippen molar-refractivity contribution in [2.24, 2.45) is 0 Å². The first-order valence-corrected chi connectivity index (χ1v) is 11.9. The molecule has 33 heavy (non-hydrogen) atoms. The number of esters is 1. The molecule has 3 unspecified atom stereocenters. The van der Waals surface area contributed by atoms with Crippen LogP contribution in [0.3, 0.4) is 0 Å². The first-order valence-electron chi connectivity index (χ1n) is 11.9. The van der Waals surface area contributed by atoms with Gasteiger partial charge in [0.15, 0.2) is 6.29 Å². The first kappa shape index (κ1) is 23.4. The van der Waals surface area contributed by atoms with Crippen LogP contribution in [0.5, 0.6) is 5.75 Å². The predicted molar refractivity (Wildman–Crippen MR) is 125 cm³/mol. The first-order chi connectivity index (χ1) is 16.0. The molecule has 3 N–H and O–H groups in total. The molecule has 1 aliphatic carbocycles. The molecule has 2 aliphatic heterocycles. The number of carbonyl (C=O) groups excluding carboxylic acids is 2. The SMILES string of the molecule is CCOC(=O)c1ccc(NC2NC=C3C(N2)N(C2CCCC2)C(CC)C(=O)N3C)c(OC)c1. The summed E-state index contributed by atoms with van der Waals surface area (Å²) >= 11 is 0. The van der Waals surface area contributed by atoms with Crippen LogP contribution in [0.25, 0.3) is 0 Å². The van der Waals surface area contributed by atoms with Crippen LogP contribution in [0.2, 0.25) is 0 Å². The number of ether oxygens (including phenoxy) is 2. The van der Waals surface area contributed by atoms with Gasteiger partial charge in [-0.15, -0.1) is 0 Å². The maximum Gasteiger partial charge on any atom is 0.338 e. The number of hydrogen-bond donors (Lipinski definition) is 3. The summed E-state index contributed by atoms with van der Waals surface area (Å²) in [6, 6.07) is 5.47. The molecule has 3 atom stereocenters. The number of nitrogens with zero attached hydrogens (tertiary/aromatic N) is 2. The van der Waals surface area contributed by atoms with E-state index in [1.165, 1.54) is 12.8 Å². The molecule has 180 valence electrons. The van der Waals surface area contributed by atoms with Gasteiger partial charge in [-0.25, -0.2) is 4.79 Å². The Balaban J connectivity index is 1.56. The van der Waals surface area contributed by atoms with Crippen LogP contribution < -0.4 is 20.7 Å². The van der Waals surface area contributed by atoms with Crippen molar-refractivity contribution in [3.8, 4) is 5.75 Å². The quantitative estimate of drug-likeness (QED) is 0.538. The lowest BCUT2D eigenvalue weighted by Gasteiger charge is -2.51. The molecule has 4 rings (SSSR count). The average molecular weight is 458 g/mol. The number of rotatable bonds is 7. The molecule has 0 bridgehead atoms. The van der Waals surface area contributed by atoms with Gasteiger partial charge < -0.3 is 25.0 Å². The zero-order chi connectivity index (χ0) is 23.5. The minimum Gasteiger partial charge on any atom is -0.495 e. The van der Waals surface area contributed by atoms with Gasteiger partial charge in [0.05, 0.1) is 36.7 Å². The number of amides is 1. The Morgan fingerprint density at radius 1 is 1.24 bits per heavy atom. The molecule has 2 fully saturated rings. The summed E-state index contributed by atoms with van der Waals surface area (Å²) < 4.78 is 10.6. The normalized spacial score (nSPS) is 25.8. The van der Waals surface area contributed by atoms with Crippen LogP contribution in [0, 0.1) is 0 Å². The highest BCUT2D eigenvalue weighted by Gasteiger charge is 2.47. The Labute approximate surface area is 195 Å². The van der Waals surface area contributed by atoms with Gasteiger partial charge in [-0.3, -0.25) is 15.0 Å². The van der Waals surface area contributed by atoms with E-state index in [1.807, 2.05) is 19.3 Å². The predicted octanol–water partition coefficient (Wildman–Crippen LogP) is 2.42. The molecule has 0 spiro atoms. The number of nitrogens with one attached hydrogen (secondary N) is 3. The van der Waals surface area contributed by atoms with E-state index in [1.54, 1.807) is 31.1 Å². The molecule has 1 aromatic carbocycles. The van der Waals surface area contributed by atoms with Crippen LogP contribution in [0.15, 0.2) is 30.1 Å². The molecule has 1 amide bonds. The van der Waals surface area contributed by atoms with Crippen LogP contribution in [-0.4, -0.2) is 67.0 Å². The molecular formula is C24H35N5O4. The summed E-state index contributed by atoms with van der Waals surface area (Å²) in [5.41, 5.74) is 2.11. The average Bonchev–Trinajstić information content (AvgIpc) is 3.36. The van der Waals surface area contributed by atoms with Gasteiger partial charge in [0.2, 0.25) is 5.91 Å². The van der Waals surface area contributed by atoms with Gasteiger partial charge in [0.25, 0.3) is 0 Å². The largest absolute Gasteiger partial charge is 0.495 e. The van der Waals surface area contributed by atoms with Crippen molar-refractivity contribution in [1.29, 1.82) is 0 Å². The Morgan fingerprint density at radius 2 is 2.00 bits per heavy atom. The second-order valence-electron chi connectivity index (χ2n) is 8.72. The van der Waals surface area contributed by atoms with E-state index in [2.05, 4.69) is 27.8 Å². The summed E-state index contributed by atoms with van der Waals surface area (Å²) in [7, 11) is 3.43. The summed E-state index contributed by atoms with van der Waals surface area (Å²) in [6.45, 7) is 4.18. The zero-order valence-electron chi connectivity index (χ0n) is 19.9.